The number of aromatic hydroxyl groups is 1. The van der Waals surface area contributed by atoms with Crippen LogP contribution in [-0.2, 0) is 68.8 Å². The minimum atomic E-state index is -1.72. The lowest BCUT2D eigenvalue weighted by molar-refractivity contribution is -0.145. The summed E-state index contributed by atoms with van der Waals surface area (Å²) in [7, 11) is 0. The number of aromatic nitrogens is 2. The van der Waals surface area contributed by atoms with Crippen molar-refractivity contribution >= 4 is 123 Å². The highest BCUT2D eigenvalue weighted by atomic mass is 32.1. The summed E-state index contributed by atoms with van der Waals surface area (Å²) in [5.41, 5.74) is 11.6. The van der Waals surface area contributed by atoms with Crippen molar-refractivity contribution in [2.75, 3.05) is 50.8 Å². The highest BCUT2D eigenvalue weighted by Gasteiger charge is 2.45. The van der Waals surface area contributed by atoms with Gasteiger partial charge in [0.05, 0.1) is 12.0 Å². The molecule has 7 aromatic rings. The Morgan fingerprint density at radius 1 is 0.636 bits per heavy atom. The zero-order valence-electron chi connectivity index (χ0n) is 62.1. The van der Waals surface area contributed by atoms with E-state index in [9.17, 15) is 58.5 Å². The summed E-state index contributed by atoms with van der Waals surface area (Å²) in [4.78, 5) is 166. The van der Waals surface area contributed by atoms with Crippen LogP contribution in [0.15, 0.2) is 134 Å². The molecule has 2 aliphatic rings. The van der Waals surface area contributed by atoms with Crippen molar-refractivity contribution < 1.29 is 68.1 Å². The highest BCUT2D eigenvalue weighted by Crippen LogP contribution is 2.45. The average molecular weight is 1550 g/mol. The van der Waals surface area contributed by atoms with E-state index in [-0.39, 0.29) is 93.4 Å². The van der Waals surface area contributed by atoms with Crippen LogP contribution in [0.5, 0.6) is 5.75 Å². The summed E-state index contributed by atoms with van der Waals surface area (Å²) < 4.78 is 0. The maximum atomic E-state index is 15.2. The van der Waals surface area contributed by atoms with Gasteiger partial charge in [0.2, 0.25) is 47.3 Å². The van der Waals surface area contributed by atoms with Gasteiger partial charge in [0.15, 0.2) is 6.04 Å². The molecule has 5 aromatic carbocycles. The number of benzene rings is 5. The number of nitrogens with one attached hydrogen (secondary N) is 12. The molecule has 12 amide bonds. The Morgan fingerprint density at radius 2 is 1.22 bits per heavy atom. The van der Waals surface area contributed by atoms with E-state index in [4.69, 9.17) is 5.73 Å². The Kier molecular flexibility index (Phi) is 30.2. The number of carbonyl (C=O) groups excluding carboxylic acids is 10. The molecule has 29 nitrogen and oxygen atoms in total. The van der Waals surface area contributed by atoms with E-state index in [1.165, 1.54) is 40.1 Å². The van der Waals surface area contributed by atoms with Crippen LogP contribution in [0.2, 0.25) is 0 Å². The van der Waals surface area contributed by atoms with E-state index in [0.717, 1.165) is 35.2 Å². The molecule has 2 aromatic heterocycles. The van der Waals surface area contributed by atoms with Gasteiger partial charge in [0.1, 0.15) is 48.0 Å². The maximum absolute atomic E-state index is 15.2. The molecule has 2 unspecified atom stereocenters. The fourth-order valence-electron chi connectivity index (χ4n) is 14.3. The Balaban J connectivity index is 0.913. The number of nitrogens with zero attached hydrogens (tertiary/aromatic N) is 2. The number of likely N-dealkylation sites (tertiary alicyclic amines) is 1. The molecule has 1 saturated heterocycles. The van der Waals surface area contributed by atoms with Crippen LogP contribution < -0.4 is 58.9 Å². The van der Waals surface area contributed by atoms with Gasteiger partial charge in [0.25, 0.3) is 0 Å². The first-order chi connectivity index (χ1) is 52.8. The van der Waals surface area contributed by atoms with Crippen LogP contribution >= 0.6 is 25.3 Å². The van der Waals surface area contributed by atoms with Crippen LogP contribution in [0.3, 0.4) is 0 Å². The van der Waals surface area contributed by atoms with Gasteiger partial charge < -0.3 is 84.2 Å². The monoisotopic (exact) mass is 1550 g/mol. The van der Waals surface area contributed by atoms with Gasteiger partial charge >= 0.3 is 18.0 Å². The van der Waals surface area contributed by atoms with Gasteiger partial charge in [0, 0.05) is 110 Å². The van der Waals surface area contributed by atoms with Crippen LogP contribution in [0.4, 0.5) is 9.59 Å². The van der Waals surface area contributed by atoms with Crippen molar-refractivity contribution in [3.63, 3.8) is 0 Å². The van der Waals surface area contributed by atoms with Gasteiger partial charge in [-0.2, -0.15) is 25.3 Å². The van der Waals surface area contributed by atoms with Crippen molar-refractivity contribution in [1.82, 2.24) is 72.9 Å². The predicted octanol–water partition coefficient (Wildman–Crippen LogP) is 3.87. The van der Waals surface area contributed by atoms with E-state index in [2.05, 4.69) is 112 Å². The molecular formula is C79H101N15O14S2. The number of phenols is 1. The average Bonchev–Trinajstić information content (AvgIpc) is 1.48. The molecule has 9 rings (SSSR count). The molecule has 0 bridgehead atoms. The van der Waals surface area contributed by atoms with E-state index < -0.39 is 126 Å². The first-order valence-corrected chi connectivity index (χ1v) is 38.4. The number of rotatable bonds is 38. The van der Waals surface area contributed by atoms with Gasteiger partial charge in [-0.15, -0.1) is 6.58 Å². The molecular weight excluding hydrogens is 1450 g/mol. The summed E-state index contributed by atoms with van der Waals surface area (Å²) in [5, 5.41) is 60.3. The number of aliphatic hydroxyl groups is 1. The lowest BCUT2D eigenvalue weighted by Crippen LogP contribution is -2.61. The van der Waals surface area contributed by atoms with Gasteiger partial charge in [-0.25, -0.2) is 14.4 Å². The normalized spacial score (nSPS) is 17.1. The Morgan fingerprint density at radius 3 is 1.88 bits per heavy atom. The SMILES string of the molecule is C=CCN1C[C@H](C(=O)N(CCCNC(=O)N[C@@H](Cc2ccc3ccccc3c2)C(=O)N[C@@H](CS)C(=O)N[C@@H](Cc2ccc(O)cc2)C(=O)N[C@H](Cc2c[nH]c3ccccc23)C(=O)N[C@@H](CCCCN)C(=O)N[C@H](C(=O)N[C@@H](CS)C(=O)N[C@H](C(=O)O)[C@@H](C)O)C(C)C)C(=O)NCC)CC2c3cccc4[nH]cc(c34)CC21. The summed E-state index contributed by atoms with van der Waals surface area (Å²) in [6, 6.07) is 19.4. The minimum Gasteiger partial charge on any atom is -0.508 e. The molecule has 0 spiro atoms. The summed E-state index contributed by atoms with van der Waals surface area (Å²) in [6.45, 7) is 11.5. The molecule has 0 saturated carbocycles. The topological polar surface area (TPSA) is 433 Å². The zero-order chi connectivity index (χ0) is 79.3. The van der Waals surface area contributed by atoms with Crippen LogP contribution in [0.1, 0.15) is 93.5 Å². The van der Waals surface area contributed by atoms with Crippen LogP contribution in [0, 0.1) is 11.8 Å². The molecule has 1 fully saturated rings. The van der Waals surface area contributed by atoms with Gasteiger partial charge in [-0.1, -0.05) is 105 Å². The number of phenolic OH excluding ortho intramolecular Hbond substituents is 1. The number of carboxylic acid groups (broad SMARTS) is 1. The smallest absolute Gasteiger partial charge is 0.328 e. The number of aliphatic hydroxyl groups excluding tert-OH is 1. The molecule has 17 N–H and O–H groups in total. The quantitative estimate of drug-likeness (QED) is 0.0148. The molecule has 12 atom stereocenters. The van der Waals surface area contributed by atoms with Gasteiger partial charge in [-0.3, -0.25) is 48.2 Å². The Bertz CT molecular complexity index is 4440. The highest BCUT2D eigenvalue weighted by molar-refractivity contribution is 7.80. The fraction of sp³-hybridized carbons (Fsp3) is 0.430. The fourth-order valence-corrected chi connectivity index (χ4v) is 14.8. The number of carbonyl (C=O) groups is 11. The number of unbranched alkanes of at least 4 members (excludes halogenated alkanes) is 1. The van der Waals surface area contributed by atoms with Gasteiger partial charge in [-0.05, 0) is 128 Å². The first-order valence-electron chi connectivity index (χ1n) is 37.2. The van der Waals surface area contributed by atoms with Crippen LogP contribution in [-0.4, -0.2) is 212 Å². The minimum absolute atomic E-state index is 0.0124. The number of aromatic amines is 2. The number of nitrogens with two attached hydrogens (primary N) is 1. The Labute approximate surface area is 648 Å². The second-order valence-corrected chi connectivity index (χ2v) is 29.1. The standard InChI is InChI=1S/C79H101N15O14S2/c1-6-31-93-41-52(36-56-55-19-14-22-58-66(55)51(40-84-58)38-65(56)93)76(104)94(79(108)81-7-2)32-15-30-82-78(107)90-61(35-47-23-26-48-16-8-9-17-49(48)33-47)71(99)88-63(42-109)73(101)86-60(34-46-24-27-53(96)28-25-46)70(98)87-62(37-50-39-83-57-20-11-10-18-54(50)57)72(100)85-59(21-12-13-29-80)69(97)91-67(44(3)4)75(103)89-64(43-110)74(102)92-68(45(5)95)77(105)106/h6,8-11,14,16-20,22-28,33,39-40,44-45,52,56,59-65,67-68,83-84,95-96,109-110H,1,7,12-13,15,21,29-32,34-38,41-43,80H2,2-5H3,(H,81,108)(H,85,100)(H,86,101)(H,87,98)(H,88,99)(H,89,103)(H,91,97)(H,92,102)(H,105,106)(H2,82,90,107)/t45-,52-,56?,59+,60+,61+,62-,63+,64+,65?,67+,68+/m1/s1. The molecule has 0 radical (unpaired) electrons. The number of para-hydroxylation sites is 1. The largest absolute Gasteiger partial charge is 0.508 e. The Hall–Kier alpha value is -10.5. The van der Waals surface area contributed by atoms with E-state index in [1.807, 2.05) is 66.7 Å². The van der Waals surface area contributed by atoms with Crippen molar-refractivity contribution in [2.45, 2.75) is 152 Å². The summed E-state index contributed by atoms with van der Waals surface area (Å²) in [6.07, 6.45) is 5.70. The number of imide groups is 1. The summed E-state index contributed by atoms with van der Waals surface area (Å²) >= 11 is 8.68. The lowest BCUT2D eigenvalue weighted by atomic mass is 9.72. The summed E-state index contributed by atoms with van der Waals surface area (Å²) in [5.74, 6) is -9.90. The second kappa shape index (κ2) is 39.8. The number of carboxylic acids is 1. The lowest BCUT2D eigenvalue weighted by Gasteiger charge is -2.47. The third-order valence-corrected chi connectivity index (χ3v) is 20.8. The molecule has 1 aliphatic carbocycles. The van der Waals surface area contributed by atoms with Crippen molar-refractivity contribution in [2.24, 2.45) is 17.6 Å². The third kappa shape index (κ3) is 21.7. The molecule has 110 heavy (non-hydrogen) atoms. The maximum Gasteiger partial charge on any atom is 0.328 e. The molecule has 3 heterocycles. The second-order valence-electron chi connectivity index (χ2n) is 28.3. The van der Waals surface area contributed by atoms with E-state index >= 15 is 9.59 Å². The number of amides is 12. The number of piperidine rings is 1. The first kappa shape index (κ1) is 83.6. The zero-order valence-corrected chi connectivity index (χ0v) is 63.8. The van der Waals surface area contributed by atoms with E-state index in [1.54, 1.807) is 45.2 Å². The molecule has 31 heteroatoms. The van der Waals surface area contributed by atoms with Crippen LogP contribution in [0.25, 0.3) is 32.6 Å². The van der Waals surface area contributed by atoms with Crippen molar-refractivity contribution in [1.29, 1.82) is 0 Å². The number of hydrogen-bond acceptors (Lipinski definition) is 17. The number of hydrogen-bond donors (Lipinski definition) is 18. The number of thiol groups is 2. The van der Waals surface area contributed by atoms with Crippen molar-refractivity contribution in [3.8, 4) is 5.75 Å². The number of aliphatic carboxylic acids is 1. The third-order valence-electron chi connectivity index (χ3n) is 20.1. The molecule has 588 valence electrons. The number of fused-ring (bicyclic) bond motifs is 4. The van der Waals surface area contributed by atoms with E-state index in [0.29, 0.717) is 59.9 Å². The number of urea groups is 2. The number of H-pyrrole nitrogens is 2. The predicted molar refractivity (Wildman–Crippen MR) is 424 cm³/mol. The van der Waals surface area contributed by atoms with Crippen molar-refractivity contribution in [3.05, 3.63) is 162 Å². The molecule has 1 aliphatic heterocycles.